The molecule has 0 aromatic heterocycles. The molecule has 0 atom stereocenters. The van der Waals surface area contributed by atoms with Crippen molar-refractivity contribution in [3.05, 3.63) is 29.0 Å². The van der Waals surface area contributed by atoms with E-state index in [9.17, 15) is 12.8 Å². The molecule has 0 aliphatic heterocycles. The molecule has 102 valence electrons. The standard InChI is InChI=1S/C10H13ClFNO4S/c1-10(5-14,6-15)13-18(16,17)9-3-2-7(11)4-8(9)12/h2-4,13-15H,5-6H2,1H3. The van der Waals surface area contributed by atoms with Crippen LogP contribution < -0.4 is 4.72 Å². The van der Waals surface area contributed by atoms with Crippen LogP contribution in [0, 0.1) is 5.82 Å². The molecule has 0 aliphatic carbocycles. The van der Waals surface area contributed by atoms with Crippen molar-refractivity contribution in [2.75, 3.05) is 13.2 Å². The molecule has 0 spiro atoms. The van der Waals surface area contributed by atoms with Crippen LogP contribution in [0.25, 0.3) is 0 Å². The van der Waals surface area contributed by atoms with Crippen LogP contribution in [0.15, 0.2) is 23.1 Å². The van der Waals surface area contributed by atoms with Gasteiger partial charge >= 0.3 is 0 Å². The van der Waals surface area contributed by atoms with Crippen molar-refractivity contribution in [1.29, 1.82) is 0 Å². The lowest BCUT2D eigenvalue weighted by Crippen LogP contribution is -2.51. The van der Waals surface area contributed by atoms with Gasteiger partial charge in [-0.2, -0.15) is 0 Å². The minimum Gasteiger partial charge on any atom is -0.394 e. The fraction of sp³-hybridized carbons (Fsp3) is 0.400. The zero-order valence-corrected chi connectivity index (χ0v) is 11.1. The second-order valence-electron chi connectivity index (χ2n) is 4.06. The summed E-state index contributed by atoms with van der Waals surface area (Å²) in [6.07, 6.45) is 0. The summed E-state index contributed by atoms with van der Waals surface area (Å²) < 4.78 is 39.3. The second kappa shape index (κ2) is 5.50. The largest absolute Gasteiger partial charge is 0.394 e. The van der Waals surface area contributed by atoms with Crippen LogP contribution in [-0.4, -0.2) is 37.4 Å². The van der Waals surface area contributed by atoms with E-state index in [4.69, 9.17) is 21.8 Å². The van der Waals surface area contributed by atoms with Gasteiger partial charge in [0.25, 0.3) is 0 Å². The molecule has 0 unspecified atom stereocenters. The number of aliphatic hydroxyl groups is 2. The summed E-state index contributed by atoms with van der Waals surface area (Å²) in [5.74, 6) is -1.01. The van der Waals surface area contributed by atoms with E-state index in [2.05, 4.69) is 0 Å². The van der Waals surface area contributed by atoms with Gasteiger partial charge in [0.05, 0.1) is 18.8 Å². The first-order chi connectivity index (χ1) is 8.24. The molecule has 0 saturated carbocycles. The van der Waals surface area contributed by atoms with E-state index in [0.29, 0.717) is 0 Å². The van der Waals surface area contributed by atoms with Crippen LogP contribution in [0.3, 0.4) is 0 Å². The van der Waals surface area contributed by atoms with Gasteiger partial charge in [-0.1, -0.05) is 11.6 Å². The summed E-state index contributed by atoms with van der Waals surface area (Å²) in [6, 6.07) is 3.11. The third kappa shape index (κ3) is 3.39. The van der Waals surface area contributed by atoms with Gasteiger partial charge in [0, 0.05) is 5.02 Å². The van der Waals surface area contributed by atoms with Gasteiger partial charge in [-0.3, -0.25) is 0 Å². The van der Waals surface area contributed by atoms with Crippen LogP contribution in [0.4, 0.5) is 4.39 Å². The molecule has 18 heavy (non-hydrogen) atoms. The predicted molar refractivity (Wildman–Crippen MR) is 64.3 cm³/mol. The van der Waals surface area contributed by atoms with Gasteiger partial charge in [-0.05, 0) is 25.1 Å². The summed E-state index contributed by atoms with van der Waals surface area (Å²) in [4.78, 5) is -0.597. The Balaban J connectivity index is 3.15. The molecule has 0 amide bonds. The molecule has 0 bridgehead atoms. The number of rotatable bonds is 5. The molecule has 8 heteroatoms. The van der Waals surface area contributed by atoms with Crippen LogP contribution in [-0.2, 0) is 10.0 Å². The van der Waals surface area contributed by atoms with Crippen molar-refractivity contribution in [3.63, 3.8) is 0 Å². The lowest BCUT2D eigenvalue weighted by Gasteiger charge is -2.25. The number of hydrogen-bond donors (Lipinski definition) is 3. The Morgan fingerprint density at radius 1 is 1.39 bits per heavy atom. The molecule has 1 aromatic rings. The highest BCUT2D eigenvalue weighted by molar-refractivity contribution is 7.89. The molecule has 0 radical (unpaired) electrons. The second-order valence-corrected chi connectivity index (χ2v) is 6.14. The van der Waals surface area contributed by atoms with E-state index >= 15 is 0 Å². The first-order valence-corrected chi connectivity index (χ1v) is 6.81. The number of sulfonamides is 1. The topological polar surface area (TPSA) is 86.6 Å². The summed E-state index contributed by atoms with van der Waals surface area (Å²) in [7, 11) is -4.19. The predicted octanol–water partition coefficient (Wildman–Crippen LogP) is 0.501. The van der Waals surface area contributed by atoms with Crippen LogP contribution in [0.2, 0.25) is 5.02 Å². The van der Waals surface area contributed by atoms with Gasteiger partial charge in [0.2, 0.25) is 10.0 Å². The maximum Gasteiger partial charge on any atom is 0.244 e. The van der Waals surface area contributed by atoms with Crippen LogP contribution in [0.1, 0.15) is 6.92 Å². The van der Waals surface area contributed by atoms with Crippen molar-refractivity contribution in [2.45, 2.75) is 17.4 Å². The van der Waals surface area contributed by atoms with E-state index in [1.54, 1.807) is 0 Å². The Bertz CT molecular complexity index is 531. The number of nitrogens with one attached hydrogen (secondary N) is 1. The van der Waals surface area contributed by atoms with Gasteiger partial charge < -0.3 is 10.2 Å². The smallest absolute Gasteiger partial charge is 0.244 e. The quantitative estimate of drug-likeness (QED) is 0.739. The van der Waals surface area contributed by atoms with E-state index < -0.39 is 39.5 Å². The average Bonchev–Trinajstić information content (AvgIpc) is 2.27. The highest BCUT2D eigenvalue weighted by atomic mass is 35.5. The third-order valence-electron chi connectivity index (χ3n) is 2.26. The van der Waals surface area contributed by atoms with Crippen molar-refractivity contribution < 1.29 is 23.0 Å². The minimum absolute atomic E-state index is 0.0681. The molecular formula is C10H13ClFNO4S. The number of halogens is 2. The van der Waals surface area contributed by atoms with Crippen LogP contribution in [0.5, 0.6) is 0 Å². The normalized spacial score (nSPS) is 12.7. The number of hydrogen-bond acceptors (Lipinski definition) is 4. The molecule has 0 heterocycles. The van der Waals surface area contributed by atoms with Crippen molar-refractivity contribution in [3.8, 4) is 0 Å². The molecule has 5 nitrogen and oxygen atoms in total. The first-order valence-electron chi connectivity index (χ1n) is 4.95. The van der Waals surface area contributed by atoms with E-state index in [-0.39, 0.29) is 5.02 Å². The summed E-state index contributed by atoms with van der Waals surface area (Å²) >= 11 is 5.52. The Morgan fingerprint density at radius 2 is 1.94 bits per heavy atom. The summed E-state index contributed by atoms with van der Waals surface area (Å²) in [6.45, 7) is 0.0360. The zero-order valence-electron chi connectivity index (χ0n) is 9.52. The van der Waals surface area contributed by atoms with E-state index in [1.807, 2.05) is 4.72 Å². The maximum atomic E-state index is 13.5. The Labute approximate surface area is 109 Å². The van der Waals surface area contributed by atoms with Crippen molar-refractivity contribution in [1.82, 2.24) is 4.72 Å². The Morgan fingerprint density at radius 3 is 2.39 bits per heavy atom. The lowest BCUT2D eigenvalue weighted by molar-refractivity contribution is 0.121. The maximum absolute atomic E-state index is 13.5. The molecule has 0 fully saturated rings. The van der Waals surface area contributed by atoms with E-state index in [1.165, 1.54) is 13.0 Å². The molecule has 0 aliphatic rings. The zero-order chi connectivity index (χ0) is 14.0. The molecule has 0 saturated heterocycles. The highest BCUT2D eigenvalue weighted by Gasteiger charge is 2.31. The van der Waals surface area contributed by atoms with E-state index in [0.717, 1.165) is 12.1 Å². The van der Waals surface area contributed by atoms with Gasteiger partial charge in [0.15, 0.2) is 0 Å². The SMILES string of the molecule is CC(CO)(CO)NS(=O)(=O)c1ccc(Cl)cc1F. The Kier molecular flexibility index (Phi) is 4.68. The first kappa shape index (κ1) is 15.3. The fourth-order valence-corrected chi connectivity index (χ4v) is 2.80. The Hall–Kier alpha value is -0.730. The summed E-state index contributed by atoms with van der Waals surface area (Å²) in [5, 5.41) is 18.1. The van der Waals surface area contributed by atoms with Crippen molar-refractivity contribution >= 4 is 21.6 Å². The molecular weight excluding hydrogens is 285 g/mol. The molecule has 1 aromatic carbocycles. The lowest BCUT2D eigenvalue weighted by atomic mass is 10.1. The summed E-state index contributed by atoms with van der Waals surface area (Å²) in [5.41, 5.74) is -1.47. The monoisotopic (exact) mass is 297 g/mol. The number of aliphatic hydroxyl groups excluding tert-OH is 2. The van der Waals surface area contributed by atoms with Gasteiger partial charge in [-0.15, -0.1) is 0 Å². The van der Waals surface area contributed by atoms with Crippen LogP contribution >= 0.6 is 11.6 Å². The van der Waals surface area contributed by atoms with Gasteiger partial charge in [0.1, 0.15) is 10.7 Å². The third-order valence-corrected chi connectivity index (χ3v) is 4.17. The molecule has 1 rings (SSSR count). The highest BCUT2D eigenvalue weighted by Crippen LogP contribution is 2.20. The number of benzene rings is 1. The average molecular weight is 298 g/mol. The fourth-order valence-electron chi connectivity index (χ4n) is 1.19. The van der Waals surface area contributed by atoms with Gasteiger partial charge in [-0.25, -0.2) is 17.5 Å². The van der Waals surface area contributed by atoms with Crippen molar-refractivity contribution in [2.24, 2.45) is 0 Å². The minimum atomic E-state index is -4.19. The molecule has 3 N–H and O–H groups in total.